The number of benzene rings is 1. The molecule has 1 aromatic heterocycles. The minimum atomic E-state index is -0.0919. The zero-order valence-electron chi connectivity index (χ0n) is 14.2. The van der Waals surface area contributed by atoms with Gasteiger partial charge in [0.1, 0.15) is 0 Å². The first kappa shape index (κ1) is 18.8. The van der Waals surface area contributed by atoms with Crippen LogP contribution in [0.4, 0.5) is 5.69 Å². The molecule has 8 heteroatoms. The van der Waals surface area contributed by atoms with Gasteiger partial charge in [-0.3, -0.25) is 4.79 Å². The van der Waals surface area contributed by atoms with Gasteiger partial charge in [0.05, 0.1) is 5.75 Å². The largest absolute Gasteiger partial charge is 0.410 e. The summed E-state index contributed by atoms with van der Waals surface area (Å²) in [4.78, 5) is 12.1. The molecule has 130 valence electrons. The molecular formula is C16H23N4O2S2+. The van der Waals surface area contributed by atoms with Crippen molar-refractivity contribution in [3.63, 3.8) is 0 Å². The molecule has 6 nitrogen and oxygen atoms in total. The number of nitrogens with zero attached hydrogens (tertiary/aromatic N) is 2. The lowest BCUT2D eigenvalue weighted by Crippen LogP contribution is -2.53. The first-order valence-corrected chi connectivity index (χ1v) is 10.0. The minimum Gasteiger partial charge on any atom is -0.410 e. The number of para-hydroxylation sites is 1. The normalized spacial score (nSPS) is 12.2. The van der Waals surface area contributed by atoms with Crippen LogP contribution in [0.1, 0.15) is 29.5 Å². The molecule has 0 fully saturated rings. The van der Waals surface area contributed by atoms with Crippen LogP contribution < -0.4 is 11.1 Å². The maximum atomic E-state index is 12.1. The Morgan fingerprint density at radius 1 is 1.33 bits per heavy atom. The molecule has 2 aromatic rings. The third-order valence-electron chi connectivity index (χ3n) is 3.51. The van der Waals surface area contributed by atoms with Crippen LogP contribution in [0.5, 0.6) is 0 Å². The number of quaternary nitrogens is 1. The fourth-order valence-corrected chi connectivity index (χ4v) is 3.23. The highest BCUT2D eigenvalue weighted by Crippen LogP contribution is 2.22. The molecule has 1 atom stereocenters. The Morgan fingerprint density at radius 3 is 2.71 bits per heavy atom. The fraction of sp³-hybridized carbons (Fsp3) is 0.438. The average molecular weight is 368 g/mol. The number of thioether (sulfide) groups is 2. The van der Waals surface area contributed by atoms with Crippen molar-refractivity contribution in [2.24, 2.45) is 0 Å². The second-order valence-electron chi connectivity index (χ2n) is 5.49. The third-order valence-corrected chi connectivity index (χ3v) is 4.98. The molecule has 4 N–H and O–H groups in total. The van der Waals surface area contributed by atoms with Gasteiger partial charge in [0.25, 0.3) is 11.1 Å². The number of hydrogen-bond donors (Lipinski definition) is 2. The molecular weight excluding hydrogens is 344 g/mol. The van der Waals surface area contributed by atoms with E-state index in [2.05, 4.69) is 27.5 Å². The van der Waals surface area contributed by atoms with Crippen molar-refractivity contribution in [1.29, 1.82) is 0 Å². The lowest BCUT2D eigenvalue weighted by Gasteiger charge is -2.10. The van der Waals surface area contributed by atoms with Gasteiger partial charge in [-0.1, -0.05) is 30.0 Å². The summed E-state index contributed by atoms with van der Waals surface area (Å²) in [6.07, 6.45) is 2.94. The predicted molar refractivity (Wildman–Crippen MR) is 98.2 cm³/mol. The molecule has 0 bridgehead atoms. The monoisotopic (exact) mass is 367 g/mol. The summed E-state index contributed by atoms with van der Waals surface area (Å²) in [7, 11) is 0. The molecule has 24 heavy (non-hydrogen) atoms. The molecule has 1 amide bonds. The summed E-state index contributed by atoms with van der Waals surface area (Å²) in [5.74, 6) is 1.66. The Hall–Kier alpha value is -1.51. The Labute approximate surface area is 150 Å². The number of amides is 1. The van der Waals surface area contributed by atoms with Gasteiger partial charge in [-0.2, -0.15) is 11.8 Å². The van der Waals surface area contributed by atoms with Crippen molar-refractivity contribution in [3.05, 3.63) is 35.2 Å². The molecule has 0 spiro atoms. The van der Waals surface area contributed by atoms with Gasteiger partial charge in [0.15, 0.2) is 6.04 Å². The average Bonchev–Trinajstić information content (AvgIpc) is 3.03. The van der Waals surface area contributed by atoms with Crippen LogP contribution in [-0.2, 0) is 4.79 Å². The van der Waals surface area contributed by atoms with Gasteiger partial charge < -0.3 is 15.5 Å². The van der Waals surface area contributed by atoms with Gasteiger partial charge in [-0.15, -0.1) is 10.2 Å². The minimum absolute atomic E-state index is 0.0113. The van der Waals surface area contributed by atoms with E-state index in [4.69, 9.17) is 4.42 Å². The lowest BCUT2D eigenvalue weighted by atomic mass is 10.1. The van der Waals surface area contributed by atoms with E-state index in [0.29, 0.717) is 11.1 Å². The van der Waals surface area contributed by atoms with Gasteiger partial charge >= 0.3 is 0 Å². The van der Waals surface area contributed by atoms with Crippen molar-refractivity contribution in [2.75, 3.05) is 23.1 Å². The smallest absolute Gasteiger partial charge is 0.277 e. The predicted octanol–water partition coefficient (Wildman–Crippen LogP) is 2.45. The number of carbonyl (C=O) groups excluding carboxylic acids is 1. The highest BCUT2D eigenvalue weighted by molar-refractivity contribution is 7.99. The molecule has 0 saturated carbocycles. The first-order chi connectivity index (χ1) is 11.5. The summed E-state index contributed by atoms with van der Waals surface area (Å²) in [5, 5.41) is 11.3. The van der Waals surface area contributed by atoms with E-state index in [9.17, 15) is 4.79 Å². The summed E-state index contributed by atoms with van der Waals surface area (Å²) in [6.45, 7) is 3.95. The topological polar surface area (TPSA) is 95.7 Å². The van der Waals surface area contributed by atoms with Gasteiger partial charge in [-0.25, -0.2) is 0 Å². The SMILES string of the molecule is CSCC[C@H]([NH3+])c1nnc(SCC(=O)Nc2c(C)cccc2C)o1. The molecule has 2 rings (SSSR count). The van der Waals surface area contributed by atoms with E-state index >= 15 is 0 Å². The van der Waals surface area contributed by atoms with E-state index in [-0.39, 0.29) is 17.7 Å². The maximum Gasteiger partial charge on any atom is 0.277 e. The fourth-order valence-electron chi connectivity index (χ4n) is 2.14. The Morgan fingerprint density at radius 2 is 2.04 bits per heavy atom. The molecule has 0 aliphatic rings. The second-order valence-corrected chi connectivity index (χ2v) is 7.40. The zero-order chi connectivity index (χ0) is 17.5. The molecule has 0 saturated heterocycles. The Bertz CT molecular complexity index is 670. The number of rotatable bonds is 8. The lowest BCUT2D eigenvalue weighted by molar-refractivity contribution is -0.432. The van der Waals surface area contributed by atoms with Crippen molar-refractivity contribution < 1.29 is 14.9 Å². The Balaban J connectivity index is 1.87. The van der Waals surface area contributed by atoms with Gasteiger partial charge in [-0.05, 0) is 37.0 Å². The summed E-state index contributed by atoms with van der Waals surface area (Å²) in [5.41, 5.74) is 6.98. The van der Waals surface area contributed by atoms with Crippen LogP contribution >= 0.6 is 23.5 Å². The second kappa shape index (κ2) is 9.10. The van der Waals surface area contributed by atoms with Crippen molar-refractivity contribution >= 4 is 35.1 Å². The van der Waals surface area contributed by atoms with Crippen molar-refractivity contribution in [2.45, 2.75) is 31.5 Å². The molecule has 1 aromatic carbocycles. The molecule has 0 unspecified atom stereocenters. The van der Waals surface area contributed by atoms with Crippen molar-refractivity contribution in [3.8, 4) is 0 Å². The molecule has 0 aliphatic heterocycles. The van der Waals surface area contributed by atoms with Crippen LogP contribution in [0.2, 0.25) is 0 Å². The van der Waals surface area contributed by atoms with Crippen LogP contribution in [0.15, 0.2) is 27.8 Å². The number of anilines is 1. The molecule has 0 aliphatic carbocycles. The van der Waals surface area contributed by atoms with Crippen molar-refractivity contribution in [1.82, 2.24) is 10.2 Å². The van der Waals surface area contributed by atoms with Crippen LogP contribution in [0.25, 0.3) is 0 Å². The zero-order valence-corrected chi connectivity index (χ0v) is 15.8. The Kier molecular flexibility index (Phi) is 7.14. The van der Waals surface area contributed by atoms with E-state index in [1.807, 2.05) is 32.0 Å². The summed E-state index contributed by atoms with van der Waals surface area (Å²) < 4.78 is 5.58. The van der Waals surface area contributed by atoms with E-state index in [1.165, 1.54) is 11.8 Å². The third kappa shape index (κ3) is 5.25. The summed E-state index contributed by atoms with van der Waals surface area (Å²) in [6, 6.07) is 5.91. The van der Waals surface area contributed by atoms with Crippen LogP contribution in [-0.4, -0.2) is 33.9 Å². The van der Waals surface area contributed by atoms with E-state index < -0.39 is 0 Å². The standard InChI is InChI=1S/C16H22N4O2S2/c1-10-5-4-6-11(2)14(10)18-13(21)9-24-16-20-19-15(22-16)12(17)7-8-23-3/h4-6,12H,7-9,17H2,1-3H3,(H,18,21)/p+1/t12-/m0/s1. The number of aromatic nitrogens is 2. The van der Waals surface area contributed by atoms with E-state index in [1.54, 1.807) is 11.8 Å². The van der Waals surface area contributed by atoms with E-state index in [0.717, 1.165) is 29.0 Å². The van der Waals surface area contributed by atoms with Gasteiger partial charge in [0, 0.05) is 12.1 Å². The number of hydrogen-bond acceptors (Lipinski definition) is 6. The van der Waals surface area contributed by atoms with Crippen LogP contribution in [0, 0.1) is 13.8 Å². The highest BCUT2D eigenvalue weighted by Gasteiger charge is 2.18. The number of carbonyl (C=O) groups is 1. The first-order valence-electron chi connectivity index (χ1n) is 7.65. The van der Waals surface area contributed by atoms with Gasteiger partial charge in [0.2, 0.25) is 5.91 Å². The quantitative estimate of drug-likeness (QED) is 0.696. The number of nitrogens with one attached hydrogen (secondary N) is 1. The summed E-state index contributed by atoms with van der Waals surface area (Å²) >= 11 is 3.00. The van der Waals surface area contributed by atoms with Crippen LogP contribution in [0.3, 0.4) is 0 Å². The number of aryl methyl sites for hydroxylation is 2. The maximum absolute atomic E-state index is 12.1. The highest BCUT2D eigenvalue weighted by atomic mass is 32.2. The molecule has 1 heterocycles. The molecule has 0 radical (unpaired) electrons.